The zero-order chi connectivity index (χ0) is 32.5. The molecule has 2 atom stereocenters. The van der Waals surface area contributed by atoms with E-state index in [1.807, 2.05) is 41.3 Å². The molecule has 4 aromatic carbocycles. The third-order valence-corrected chi connectivity index (χ3v) is 8.94. The fraction of sp³-hybridized carbons (Fsp3) is 0.270. The van der Waals surface area contributed by atoms with Crippen LogP contribution in [0.4, 0.5) is 20.6 Å². The van der Waals surface area contributed by atoms with Gasteiger partial charge in [0, 0.05) is 29.7 Å². The molecule has 0 bridgehead atoms. The predicted molar refractivity (Wildman–Crippen MR) is 180 cm³/mol. The third-order valence-electron chi connectivity index (χ3n) is 8.69. The summed E-state index contributed by atoms with van der Waals surface area (Å²) in [5, 5.41) is 15.1. The lowest BCUT2D eigenvalue weighted by molar-refractivity contribution is -0.105. The Morgan fingerprint density at radius 2 is 1.74 bits per heavy atom. The zero-order valence-electron chi connectivity index (χ0n) is 25.5. The molecule has 2 fully saturated rings. The van der Waals surface area contributed by atoms with Crippen LogP contribution >= 0.6 is 11.6 Å². The van der Waals surface area contributed by atoms with Crippen molar-refractivity contribution in [3.05, 3.63) is 130 Å². The number of likely N-dealkylation sites (tertiary alicyclic amines) is 1. The van der Waals surface area contributed by atoms with Crippen molar-refractivity contribution >= 4 is 35.4 Å². The quantitative estimate of drug-likeness (QED) is 0.161. The Bertz CT molecular complexity index is 1690. The first kappa shape index (κ1) is 32.7. The number of nitrogens with one attached hydrogen (secondary N) is 2. The van der Waals surface area contributed by atoms with Gasteiger partial charge in [0.05, 0.1) is 22.9 Å². The van der Waals surface area contributed by atoms with Crippen molar-refractivity contribution in [1.29, 1.82) is 5.26 Å². The lowest BCUT2D eigenvalue weighted by atomic mass is 9.79. The van der Waals surface area contributed by atoms with E-state index in [9.17, 15) is 19.2 Å². The van der Waals surface area contributed by atoms with Gasteiger partial charge in [0.2, 0.25) is 6.41 Å². The number of anilines is 2. The normalized spacial score (nSPS) is 16.7. The number of hydrogen-bond acceptors (Lipinski definition) is 4. The molecule has 0 aromatic heterocycles. The second-order valence-corrected chi connectivity index (χ2v) is 12.3. The number of nitrogens with two attached hydrogens (primary N) is 1. The Morgan fingerprint density at radius 1 is 1.00 bits per heavy atom. The van der Waals surface area contributed by atoms with Crippen LogP contribution in [-0.4, -0.2) is 30.4 Å². The summed E-state index contributed by atoms with van der Waals surface area (Å²) in [5.41, 5.74) is 10.2. The smallest absolute Gasteiger partial charge is 0.321 e. The lowest BCUT2D eigenvalue weighted by Crippen LogP contribution is -2.38. The third kappa shape index (κ3) is 8.30. The Hall–Kier alpha value is -4.71. The van der Waals surface area contributed by atoms with E-state index < -0.39 is 11.4 Å². The van der Waals surface area contributed by atoms with E-state index in [1.54, 1.807) is 42.5 Å². The van der Waals surface area contributed by atoms with Crippen molar-refractivity contribution in [2.24, 2.45) is 11.7 Å². The highest BCUT2D eigenvalue weighted by atomic mass is 35.5. The summed E-state index contributed by atoms with van der Waals surface area (Å²) in [5.74, 6) is 0.614. The summed E-state index contributed by atoms with van der Waals surface area (Å²) >= 11 is 5.84. The standard InChI is InChI=1S/C20H20FN3O.C17H17ClN2O/c21-18-7-6-17(11-19(18)24-13-25)20(23,9-8-14-4-5-14)16-3-1-2-15(10-16)12-22;18-15-6-8-16(9-7-15)19-17(21)20-11-10-14(12-20)13-4-2-1-3-5-13/h1-3,6-7,10-11,13-14H,4-5,8-9,23H2,(H,24,25);1-9,14H,10-12H2,(H,19,21). The highest BCUT2D eigenvalue weighted by molar-refractivity contribution is 6.30. The molecule has 6 rings (SSSR count). The van der Waals surface area contributed by atoms with Crippen molar-refractivity contribution in [3.63, 3.8) is 0 Å². The molecule has 0 radical (unpaired) electrons. The number of nitrogens with zero attached hydrogens (tertiary/aromatic N) is 2. The summed E-state index contributed by atoms with van der Waals surface area (Å²) in [7, 11) is 0. The van der Waals surface area contributed by atoms with Crippen LogP contribution < -0.4 is 16.4 Å². The number of nitriles is 1. The van der Waals surface area contributed by atoms with Crippen LogP contribution in [0.25, 0.3) is 0 Å². The van der Waals surface area contributed by atoms with Gasteiger partial charge >= 0.3 is 6.03 Å². The van der Waals surface area contributed by atoms with Crippen molar-refractivity contribution in [2.75, 3.05) is 23.7 Å². The number of amides is 3. The first-order valence-electron chi connectivity index (χ1n) is 15.4. The van der Waals surface area contributed by atoms with E-state index in [1.165, 1.54) is 24.5 Å². The Labute approximate surface area is 274 Å². The van der Waals surface area contributed by atoms with Crippen LogP contribution in [0.15, 0.2) is 97.1 Å². The number of hydrogen-bond donors (Lipinski definition) is 3. The zero-order valence-corrected chi connectivity index (χ0v) is 26.2. The number of urea groups is 1. The van der Waals surface area contributed by atoms with Gasteiger partial charge in [0.1, 0.15) is 5.82 Å². The SMILES string of the molecule is N#Cc1cccc(C(N)(CCC2CC2)c2ccc(F)c(NC=O)c2)c1.O=C(Nc1ccc(Cl)cc1)N1CCC(c2ccccc2)C1. The van der Waals surface area contributed by atoms with Crippen molar-refractivity contribution in [3.8, 4) is 6.07 Å². The summed E-state index contributed by atoms with van der Waals surface area (Å²) < 4.78 is 13.9. The van der Waals surface area contributed by atoms with Crippen LogP contribution in [0.2, 0.25) is 5.02 Å². The first-order valence-corrected chi connectivity index (χ1v) is 15.8. The predicted octanol–water partition coefficient (Wildman–Crippen LogP) is 8.02. The Kier molecular flexibility index (Phi) is 10.7. The second-order valence-electron chi connectivity index (χ2n) is 11.9. The molecule has 3 amide bonds. The van der Waals surface area contributed by atoms with Gasteiger partial charge in [-0.3, -0.25) is 4.79 Å². The molecule has 7 nitrogen and oxygen atoms in total. The second kappa shape index (κ2) is 15.0. The molecular formula is C37H37ClFN5O2. The molecule has 0 spiro atoms. The average molecular weight is 638 g/mol. The van der Waals surface area contributed by atoms with Crippen molar-refractivity contribution < 1.29 is 14.0 Å². The van der Waals surface area contributed by atoms with Crippen molar-refractivity contribution in [2.45, 2.75) is 43.6 Å². The molecule has 46 heavy (non-hydrogen) atoms. The molecule has 236 valence electrons. The largest absolute Gasteiger partial charge is 0.326 e. The molecule has 4 aromatic rings. The number of carbonyl (C=O) groups excluding carboxylic acids is 2. The number of benzene rings is 4. The molecule has 1 saturated carbocycles. The molecule has 2 unspecified atom stereocenters. The summed E-state index contributed by atoms with van der Waals surface area (Å²) in [6.07, 6.45) is 5.56. The molecule has 1 saturated heterocycles. The van der Waals surface area contributed by atoms with E-state index in [0.29, 0.717) is 40.8 Å². The maximum Gasteiger partial charge on any atom is 0.321 e. The van der Waals surface area contributed by atoms with Gasteiger partial charge in [0.15, 0.2) is 0 Å². The van der Waals surface area contributed by atoms with Gasteiger partial charge in [-0.15, -0.1) is 0 Å². The summed E-state index contributed by atoms with van der Waals surface area (Å²) in [6, 6.07) is 31.4. The van der Waals surface area contributed by atoms with Crippen LogP contribution in [0.3, 0.4) is 0 Å². The van der Waals surface area contributed by atoms with E-state index >= 15 is 0 Å². The van der Waals surface area contributed by atoms with E-state index in [4.69, 9.17) is 17.3 Å². The Balaban J connectivity index is 0.000000184. The van der Waals surface area contributed by atoms with Gasteiger partial charge in [-0.05, 0) is 90.4 Å². The molecule has 1 heterocycles. The van der Waals surface area contributed by atoms with Crippen LogP contribution in [0, 0.1) is 23.1 Å². The van der Waals surface area contributed by atoms with Gasteiger partial charge < -0.3 is 21.3 Å². The number of halogens is 2. The summed E-state index contributed by atoms with van der Waals surface area (Å²) in [6.45, 7) is 1.56. The first-order chi connectivity index (χ1) is 22.3. The maximum atomic E-state index is 13.9. The van der Waals surface area contributed by atoms with Crippen molar-refractivity contribution in [1.82, 2.24) is 4.90 Å². The van der Waals surface area contributed by atoms with E-state index in [-0.39, 0.29) is 11.7 Å². The molecule has 9 heteroatoms. The van der Waals surface area contributed by atoms with Gasteiger partial charge in [-0.25, -0.2) is 9.18 Å². The van der Waals surface area contributed by atoms with Gasteiger partial charge in [-0.2, -0.15) is 5.26 Å². The topological polar surface area (TPSA) is 111 Å². The molecule has 2 aliphatic rings. The number of rotatable bonds is 9. The van der Waals surface area contributed by atoms with Crippen LogP contribution in [-0.2, 0) is 10.3 Å². The molecule has 1 aliphatic carbocycles. The lowest BCUT2D eigenvalue weighted by Gasteiger charge is -2.31. The highest BCUT2D eigenvalue weighted by Crippen LogP contribution is 2.40. The van der Waals surface area contributed by atoms with E-state index in [2.05, 4.69) is 28.8 Å². The fourth-order valence-corrected chi connectivity index (χ4v) is 5.94. The number of carbonyl (C=O) groups is 2. The minimum atomic E-state index is -0.845. The molecule has 4 N–H and O–H groups in total. The fourth-order valence-electron chi connectivity index (χ4n) is 5.81. The minimum absolute atomic E-state index is 0.0456. The van der Waals surface area contributed by atoms with Crippen LogP contribution in [0.1, 0.15) is 60.3 Å². The summed E-state index contributed by atoms with van der Waals surface area (Å²) in [4.78, 5) is 24.8. The average Bonchev–Trinajstić information content (AvgIpc) is 3.79. The van der Waals surface area contributed by atoms with Gasteiger partial charge in [-0.1, -0.05) is 73.0 Å². The van der Waals surface area contributed by atoms with E-state index in [0.717, 1.165) is 37.2 Å². The Morgan fingerprint density at radius 3 is 2.43 bits per heavy atom. The molecular weight excluding hydrogens is 601 g/mol. The monoisotopic (exact) mass is 637 g/mol. The van der Waals surface area contributed by atoms with Gasteiger partial charge in [0.25, 0.3) is 0 Å². The minimum Gasteiger partial charge on any atom is -0.326 e. The molecule has 1 aliphatic heterocycles. The van der Waals surface area contributed by atoms with Crippen LogP contribution in [0.5, 0.6) is 0 Å². The maximum absolute atomic E-state index is 13.9. The highest BCUT2D eigenvalue weighted by Gasteiger charge is 2.33.